The number of ether oxygens (including phenoxy) is 1. The van der Waals surface area contributed by atoms with E-state index in [4.69, 9.17) is 10.5 Å². The maximum absolute atomic E-state index is 5.98. The lowest BCUT2D eigenvalue weighted by Gasteiger charge is -2.42. The fraction of sp³-hybridized carbons (Fsp3) is 0.800. The number of nitrogens with zero attached hydrogens (tertiary/aromatic N) is 3. The molecule has 0 aromatic carbocycles. The highest BCUT2D eigenvalue weighted by Gasteiger charge is 2.33. The van der Waals surface area contributed by atoms with E-state index in [0.29, 0.717) is 6.54 Å². The van der Waals surface area contributed by atoms with Crippen molar-refractivity contribution >= 4 is 0 Å². The third kappa shape index (κ3) is 3.59. The van der Waals surface area contributed by atoms with Gasteiger partial charge in [0.05, 0.1) is 23.1 Å². The molecule has 2 heterocycles. The summed E-state index contributed by atoms with van der Waals surface area (Å²) in [5, 5.41) is 4.62. The SMILES string of the molecule is CCc1cc(CN2CC(CN)OC(C)(C)C2)n(CC)n1. The van der Waals surface area contributed by atoms with Crippen LogP contribution in [0.15, 0.2) is 6.07 Å². The van der Waals surface area contributed by atoms with Gasteiger partial charge in [0.25, 0.3) is 0 Å². The summed E-state index contributed by atoms with van der Waals surface area (Å²) in [6.45, 7) is 12.8. The Morgan fingerprint density at radius 3 is 2.80 bits per heavy atom. The number of aryl methyl sites for hydroxylation is 2. The Hall–Kier alpha value is -0.910. The number of aromatic nitrogens is 2. The normalized spacial score (nSPS) is 23.1. The highest BCUT2D eigenvalue weighted by molar-refractivity contribution is 5.11. The predicted molar refractivity (Wildman–Crippen MR) is 80.6 cm³/mol. The van der Waals surface area contributed by atoms with Gasteiger partial charge in [-0.2, -0.15) is 5.10 Å². The highest BCUT2D eigenvalue weighted by atomic mass is 16.5. The number of rotatable bonds is 5. The summed E-state index contributed by atoms with van der Waals surface area (Å²) in [6, 6.07) is 2.23. The molecule has 0 radical (unpaired) electrons. The molecule has 2 rings (SSSR count). The van der Waals surface area contributed by atoms with Crippen LogP contribution in [-0.4, -0.2) is 46.0 Å². The molecule has 0 saturated carbocycles. The molecular formula is C15H28N4O. The lowest BCUT2D eigenvalue weighted by atomic mass is 10.0. The van der Waals surface area contributed by atoms with Gasteiger partial charge in [0.1, 0.15) is 0 Å². The summed E-state index contributed by atoms with van der Waals surface area (Å²) in [5.41, 5.74) is 8.12. The minimum atomic E-state index is -0.132. The minimum absolute atomic E-state index is 0.127. The van der Waals surface area contributed by atoms with Crippen LogP contribution < -0.4 is 5.73 Å². The van der Waals surface area contributed by atoms with Crippen LogP contribution in [0.2, 0.25) is 0 Å². The number of morpholine rings is 1. The second kappa shape index (κ2) is 6.24. The third-order valence-corrected chi connectivity index (χ3v) is 3.78. The van der Waals surface area contributed by atoms with Crippen molar-refractivity contribution in [2.45, 2.75) is 58.9 Å². The van der Waals surface area contributed by atoms with Crippen LogP contribution in [-0.2, 0) is 24.2 Å². The van der Waals surface area contributed by atoms with Crippen LogP contribution in [0.25, 0.3) is 0 Å². The van der Waals surface area contributed by atoms with E-state index in [0.717, 1.165) is 32.6 Å². The van der Waals surface area contributed by atoms with Crippen molar-refractivity contribution in [1.29, 1.82) is 0 Å². The summed E-state index contributed by atoms with van der Waals surface area (Å²) < 4.78 is 8.09. The van der Waals surface area contributed by atoms with Crippen molar-refractivity contribution in [1.82, 2.24) is 14.7 Å². The standard InChI is InChI=1S/C15H28N4O/c1-5-12-7-13(19(6-2)17-12)9-18-10-14(8-16)20-15(3,4)11-18/h7,14H,5-6,8-11,16H2,1-4H3. The lowest BCUT2D eigenvalue weighted by Crippen LogP contribution is -2.54. The molecule has 1 aromatic heterocycles. The average molecular weight is 280 g/mol. The molecule has 20 heavy (non-hydrogen) atoms. The fourth-order valence-corrected chi connectivity index (χ4v) is 2.98. The topological polar surface area (TPSA) is 56.3 Å². The van der Waals surface area contributed by atoms with Gasteiger partial charge in [-0.1, -0.05) is 6.92 Å². The van der Waals surface area contributed by atoms with Crippen LogP contribution in [0.4, 0.5) is 0 Å². The van der Waals surface area contributed by atoms with Crippen molar-refractivity contribution in [3.63, 3.8) is 0 Å². The molecule has 5 heteroatoms. The molecular weight excluding hydrogens is 252 g/mol. The summed E-state index contributed by atoms with van der Waals surface area (Å²) >= 11 is 0. The van der Waals surface area contributed by atoms with E-state index < -0.39 is 0 Å². The van der Waals surface area contributed by atoms with Crippen LogP contribution in [0, 0.1) is 0 Å². The first-order chi connectivity index (χ1) is 9.47. The van der Waals surface area contributed by atoms with Gasteiger partial charge in [0, 0.05) is 32.7 Å². The van der Waals surface area contributed by atoms with Gasteiger partial charge in [-0.25, -0.2) is 0 Å². The van der Waals surface area contributed by atoms with Gasteiger partial charge >= 0.3 is 0 Å². The Morgan fingerprint density at radius 1 is 1.45 bits per heavy atom. The van der Waals surface area contributed by atoms with E-state index in [1.165, 1.54) is 11.4 Å². The summed E-state index contributed by atoms with van der Waals surface area (Å²) in [4.78, 5) is 2.43. The van der Waals surface area contributed by atoms with Crippen LogP contribution in [0.5, 0.6) is 0 Å². The zero-order valence-corrected chi connectivity index (χ0v) is 13.2. The first-order valence-corrected chi connectivity index (χ1v) is 7.63. The minimum Gasteiger partial charge on any atom is -0.368 e. The molecule has 1 saturated heterocycles. The van der Waals surface area contributed by atoms with E-state index in [1.807, 2.05) is 0 Å². The van der Waals surface area contributed by atoms with Crippen molar-refractivity contribution in [2.75, 3.05) is 19.6 Å². The van der Waals surface area contributed by atoms with Gasteiger partial charge in [-0.15, -0.1) is 0 Å². The molecule has 1 aliphatic heterocycles. The lowest BCUT2D eigenvalue weighted by molar-refractivity contribution is -0.134. The Kier molecular flexibility index (Phi) is 4.83. The third-order valence-electron chi connectivity index (χ3n) is 3.78. The van der Waals surface area contributed by atoms with Crippen molar-refractivity contribution < 1.29 is 4.74 Å². The summed E-state index contributed by atoms with van der Waals surface area (Å²) in [7, 11) is 0. The largest absolute Gasteiger partial charge is 0.368 e. The maximum atomic E-state index is 5.98. The zero-order valence-electron chi connectivity index (χ0n) is 13.2. The molecule has 114 valence electrons. The zero-order chi connectivity index (χ0) is 14.8. The molecule has 5 nitrogen and oxygen atoms in total. The van der Waals surface area contributed by atoms with E-state index in [-0.39, 0.29) is 11.7 Å². The van der Waals surface area contributed by atoms with Gasteiger partial charge in [-0.05, 0) is 33.3 Å². The van der Waals surface area contributed by atoms with Crippen molar-refractivity contribution in [3.8, 4) is 0 Å². The van der Waals surface area contributed by atoms with Crippen LogP contribution in [0.3, 0.4) is 0 Å². The van der Waals surface area contributed by atoms with Crippen LogP contribution >= 0.6 is 0 Å². The molecule has 1 unspecified atom stereocenters. The molecule has 2 N–H and O–H groups in total. The van der Waals surface area contributed by atoms with Gasteiger partial charge in [-0.3, -0.25) is 9.58 Å². The van der Waals surface area contributed by atoms with E-state index >= 15 is 0 Å². The Morgan fingerprint density at radius 2 is 2.20 bits per heavy atom. The maximum Gasteiger partial charge on any atom is 0.0831 e. The van der Waals surface area contributed by atoms with Crippen LogP contribution in [0.1, 0.15) is 39.1 Å². The van der Waals surface area contributed by atoms with Crippen molar-refractivity contribution in [3.05, 3.63) is 17.5 Å². The Labute approximate surface area is 122 Å². The second-order valence-corrected chi connectivity index (χ2v) is 6.20. The van der Waals surface area contributed by atoms with Crippen molar-refractivity contribution in [2.24, 2.45) is 5.73 Å². The average Bonchev–Trinajstić information content (AvgIpc) is 2.79. The number of nitrogens with two attached hydrogens (primary N) is 1. The summed E-state index contributed by atoms with van der Waals surface area (Å²) in [5.74, 6) is 0. The molecule has 1 fully saturated rings. The Balaban J connectivity index is 2.10. The van der Waals surface area contributed by atoms with Gasteiger partial charge in [0.2, 0.25) is 0 Å². The number of hydrogen-bond donors (Lipinski definition) is 1. The second-order valence-electron chi connectivity index (χ2n) is 6.20. The first-order valence-electron chi connectivity index (χ1n) is 7.63. The smallest absolute Gasteiger partial charge is 0.0831 e. The van der Waals surface area contributed by atoms with E-state index in [1.54, 1.807) is 0 Å². The molecule has 0 amide bonds. The molecule has 0 spiro atoms. The fourth-order valence-electron chi connectivity index (χ4n) is 2.98. The van der Waals surface area contributed by atoms with E-state index in [9.17, 15) is 0 Å². The van der Waals surface area contributed by atoms with E-state index in [2.05, 4.69) is 48.4 Å². The molecule has 0 aliphatic carbocycles. The molecule has 0 bridgehead atoms. The number of hydrogen-bond acceptors (Lipinski definition) is 4. The van der Waals surface area contributed by atoms with Gasteiger partial charge < -0.3 is 10.5 Å². The molecule has 1 aliphatic rings. The highest BCUT2D eigenvalue weighted by Crippen LogP contribution is 2.22. The van der Waals surface area contributed by atoms with Gasteiger partial charge in [0.15, 0.2) is 0 Å². The summed E-state index contributed by atoms with van der Waals surface area (Å²) in [6.07, 6.45) is 1.11. The Bertz CT molecular complexity index is 441. The molecule has 1 aromatic rings. The molecule has 1 atom stereocenters. The quantitative estimate of drug-likeness (QED) is 0.886. The first kappa shape index (κ1) is 15.5. The predicted octanol–water partition coefficient (Wildman–Crippen LogP) is 1.40. The monoisotopic (exact) mass is 280 g/mol.